The van der Waals surface area contributed by atoms with E-state index in [4.69, 9.17) is 0 Å². The minimum Gasteiger partial charge on any atom is -0.314 e. The molecular formula is C14H17NO. The average molecular weight is 215 g/mol. The Labute approximate surface area is 96.3 Å². The van der Waals surface area contributed by atoms with Crippen LogP contribution in [0.3, 0.4) is 0 Å². The number of nitrogens with zero attached hydrogens (tertiary/aromatic N) is 1. The molecule has 2 nitrogen and oxygen atoms in total. The number of hydrogen-bond acceptors (Lipinski definition) is 1. The van der Waals surface area contributed by atoms with Crippen LogP contribution in [0.15, 0.2) is 18.2 Å². The van der Waals surface area contributed by atoms with E-state index in [9.17, 15) is 4.79 Å². The van der Waals surface area contributed by atoms with Gasteiger partial charge >= 0.3 is 0 Å². The number of anilines is 1. The first-order valence-electron chi connectivity index (χ1n) is 5.95. The SMILES string of the molecule is CN1C(=O)C(C)(C)c2c(C3CC3)cccc21. The molecule has 0 unspecified atom stereocenters. The lowest BCUT2D eigenvalue weighted by atomic mass is 9.82. The molecule has 84 valence electrons. The third-order valence-corrected chi connectivity index (χ3v) is 3.92. The topological polar surface area (TPSA) is 20.3 Å². The van der Waals surface area contributed by atoms with Crippen LogP contribution in [0.2, 0.25) is 0 Å². The highest BCUT2D eigenvalue weighted by molar-refractivity contribution is 6.07. The molecule has 1 aliphatic carbocycles. The Hall–Kier alpha value is -1.31. The number of amides is 1. The van der Waals surface area contributed by atoms with Crippen LogP contribution in [-0.4, -0.2) is 13.0 Å². The third kappa shape index (κ3) is 1.10. The van der Waals surface area contributed by atoms with Gasteiger partial charge in [-0.2, -0.15) is 0 Å². The number of benzene rings is 1. The first-order chi connectivity index (χ1) is 7.53. The lowest BCUT2D eigenvalue weighted by Crippen LogP contribution is -2.33. The molecule has 1 saturated carbocycles. The van der Waals surface area contributed by atoms with E-state index in [1.54, 1.807) is 4.90 Å². The lowest BCUT2D eigenvalue weighted by Gasteiger charge is -2.19. The van der Waals surface area contributed by atoms with Crippen molar-refractivity contribution in [1.82, 2.24) is 0 Å². The van der Waals surface area contributed by atoms with Gasteiger partial charge in [0.25, 0.3) is 0 Å². The van der Waals surface area contributed by atoms with Gasteiger partial charge in [0.05, 0.1) is 5.41 Å². The Morgan fingerprint density at radius 1 is 1.31 bits per heavy atom. The highest BCUT2D eigenvalue weighted by atomic mass is 16.2. The Morgan fingerprint density at radius 3 is 2.62 bits per heavy atom. The molecule has 0 spiro atoms. The summed E-state index contributed by atoms with van der Waals surface area (Å²) in [6, 6.07) is 6.34. The van der Waals surface area contributed by atoms with Crippen molar-refractivity contribution < 1.29 is 4.79 Å². The molecule has 0 N–H and O–H groups in total. The monoisotopic (exact) mass is 215 g/mol. The lowest BCUT2D eigenvalue weighted by molar-refractivity contribution is -0.121. The number of carbonyl (C=O) groups is 1. The molecule has 1 aromatic carbocycles. The summed E-state index contributed by atoms with van der Waals surface area (Å²) in [5.41, 5.74) is 3.44. The minimum atomic E-state index is -0.344. The summed E-state index contributed by atoms with van der Waals surface area (Å²) in [4.78, 5) is 14.0. The minimum absolute atomic E-state index is 0.218. The van der Waals surface area contributed by atoms with Crippen LogP contribution >= 0.6 is 0 Å². The zero-order valence-corrected chi connectivity index (χ0v) is 10.1. The molecule has 1 aromatic rings. The van der Waals surface area contributed by atoms with E-state index in [-0.39, 0.29) is 11.3 Å². The van der Waals surface area contributed by atoms with Crippen LogP contribution in [0.4, 0.5) is 5.69 Å². The van der Waals surface area contributed by atoms with E-state index in [1.165, 1.54) is 24.0 Å². The van der Waals surface area contributed by atoms with Crippen molar-refractivity contribution in [3.05, 3.63) is 29.3 Å². The summed E-state index contributed by atoms with van der Waals surface area (Å²) in [5.74, 6) is 0.920. The Bertz CT molecular complexity index is 472. The highest BCUT2D eigenvalue weighted by Crippen LogP contribution is 2.50. The number of hydrogen-bond donors (Lipinski definition) is 0. The molecule has 0 radical (unpaired) electrons. The van der Waals surface area contributed by atoms with E-state index in [1.807, 2.05) is 20.9 Å². The van der Waals surface area contributed by atoms with E-state index in [0.29, 0.717) is 5.92 Å². The van der Waals surface area contributed by atoms with Gasteiger partial charge in [-0.1, -0.05) is 12.1 Å². The van der Waals surface area contributed by atoms with Gasteiger partial charge in [-0.25, -0.2) is 0 Å². The highest BCUT2D eigenvalue weighted by Gasteiger charge is 2.45. The largest absolute Gasteiger partial charge is 0.314 e. The molecular weight excluding hydrogens is 198 g/mol. The number of likely N-dealkylation sites (N-methyl/N-ethyl adjacent to an activating group) is 1. The van der Waals surface area contributed by atoms with Crippen LogP contribution in [0.5, 0.6) is 0 Å². The van der Waals surface area contributed by atoms with Crippen molar-refractivity contribution in [1.29, 1.82) is 0 Å². The molecule has 3 rings (SSSR count). The fourth-order valence-corrected chi connectivity index (χ4v) is 2.89. The van der Waals surface area contributed by atoms with Gasteiger partial charge in [-0.3, -0.25) is 4.79 Å². The second-order valence-corrected chi connectivity index (χ2v) is 5.50. The summed E-state index contributed by atoms with van der Waals surface area (Å²) in [7, 11) is 1.88. The Balaban J connectivity index is 2.25. The molecule has 16 heavy (non-hydrogen) atoms. The maximum Gasteiger partial charge on any atom is 0.236 e. The molecule has 0 saturated heterocycles. The van der Waals surface area contributed by atoms with Gasteiger partial charge in [0.2, 0.25) is 5.91 Å². The predicted octanol–water partition coefficient (Wildman–Crippen LogP) is 2.82. The zero-order chi connectivity index (χ0) is 11.5. The van der Waals surface area contributed by atoms with Gasteiger partial charge in [0.15, 0.2) is 0 Å². The molecule has 0 atom stereocenters. The normalized spacial score (nSPS) is 22.4. The molecule has 0 bridgehead atoms. The van der Waals surface area contributed by atoms with Gasteiger partial charge in [0.1, 0.15) is 0 Å². The van der Waals surface area contributed by atoms with E-state index in [2.05, 4.69) is 18.2 Å². The van der Waals surface area contributed by atoms with Gasteiger partial charge in [0, 0.05) is 12.7 Å². The first kappa shape index (κ1) is 9.88. The van der Waals surface area contributed by atoms with Crippen molar-refractivity contribution in [3.8, 4) is 0 Å². The van der Waals surface area contributed by atoms with Crippen LogP contribution in [0, 0.1) is 0 Å². The summed E-state index contributed by atoms with van der Waals surface area (Å²) >= 11 is 0. The molecule has 2 heteroatoms. The van der Waals surface area contributed by atoms with Crippen LogP contribution in [0.1, 0.15) is 43.7 Å². The molecule has 2 aliphatic rings. The summed E-state index contributed by atoms with van der Waals surface area (Å²) < 4.78 is 0. The predicted molar refractivity (Wildman–Crippen MR) is 64.9 cm³/mol. The van der Waals surface area contributed by atoms with Gasteiger partial charge in [-0.05, 0) is 49.8 Å². The van der Waals surface area contributed by atoms with Crippen LogP contribution in [0.25, 0.3) is 0 Å². The van der Waals surface area contributed by atoms with Gasteiger partial charge < -0.3 is 4.90 Å². The number of carbonyl (C=O) groups excluding carboxylic acids is 1. The molecule has 1 amide bonds. The second kappa shape index (κ2) is 2.88. The maximum atomic E-state index is 12.2. The molecule has 1 heterocycles. The fraction of sp³-hybridized carbons (Fsp3) is 0.500. The van der Waals surface area contributed by atoms with Crippen molar-refractivity contribution in [2.75, 3.05) is 11.9 Å². The second-order valence-electron chi connectivity index (χ2n) is 5.50. The first-order valence-corrected chi connectivity index (χ1v) is 5.95. The van der Waals surface area contributed by atoms with Crippen LogP contribution in [-0.2, 0) is 10.2 Å². The van der Waals surface area contributed by atoms with Crippen molar-refractivity contribution in [2.45, 2.75) is 38.0 Å². The van der Waals surface area contributed by atoms with E-state index >= 15 is 0 Å². The van der Waals surface area contributed by atoms with Gasteiger partial charge in [-0.15, -0.1) is 0 Å². The van der Waals surface area contributed by atoms with Crippen molar-refractivity contribution >= 4 is 11.6 Å². The summed E-state index contributed by atoms with van der Waals surface area (Å²) in [6.45, 7) is 4.09. The van der Waals surface area contributed by atoms with Crippen molar-refractivity contribution in [2.24, 2.45) is 0 Å². The standard InChI is InChI=1S/C14H17NO/c1-14(2)12-10(9-7-8-9)5-4-6-11(12)15(3)13(14)16/h4-6,9H,7-8H2,1-3H3. The molecule has 0 aromatic heterocycles. The third-order valence-electron chi connectivity index (χ3n) is 3.92. The fourth-order valence-electron chi connectivity index (χ4n) is 2.89. The van der Waals surface area contributed by atoms with Crippen molar-refractivity contribution in [3.63, 3.8) is 0 Å². The average Bonchev–Trinajstić information content (AvgIpc) is 3.07. The maximum absolute atomic E-state index is 12.2. The summed E-state index contributed by atoms with van der Waals surface area (Å²) in [5, 5.41) is 0. The number of rotatable bonds is 1. The Morgan fingerprint density at radius 2 is 2.00 bits per heavy atom. The Kier molecular flexibility index (Phi) is 1.78. The smallest absolute Gasteiger partial charge is 0.236 e. The van der Waals surface area contributed by atoms with Crippen LogP contribution < -0.4 is 4.90 Å². The van der Waals surface area contributed by atoms with E-state index in [0.717, 1.165) is 5.69 Å². The quantitative estimate of drug-likeness (QED) is 0.705. The number of fused-ring (bicyclic) bond motifs is 1. The zero-order valence-electron chi connectivity index (χ0n) is 10.1. The summed E-state index contributed by atoms with van der Waals surface area (Å²) in [6.07, 6.45) is 2.56. The molecule has 1 fully saturated rings. The van der Waals surface area contributed by atoms with E-state index < -0.39 is 0 Å². The molecule has 1 aliphatic heterocycles.